The molecule has 1 aliphatic heterocycles. The number of amides is 3. The van der Waals surface area contributed by atoms with Crippen molar-refractivity contribution in [1.29, 1.82) is 0 Å². The van der Waals surface area contributed by atoms with E-state index in [1.54, 1.807) is 31.2 Å². The molecule has 9 heteroatoms. The van der Waals surface area contributed by atoms with Crippen LogP contribution in [-0.4, -0.2) is 25.7 Å². The Bertz CT molecular complexity index is 945. The summed E-state index contributed by atoms with van der Waals surface area (Å²) in [6.07, 6.45) is 0. The summed E-state index contributed by atoms with van der Waals surface area (Å²) in [6.45, 7) is -1.33. The molecule has 0 aromatic heterocycles. The molecule has 1 aliphatic rings. The van der Waals surface area contributed by atoms with E-state index in [1.165, 1.54) is 31.4 Å². The van der Waals surface area contributed by atoms with Gasteiger partial charge in [-0.3, -0.25) is 4.79 Å². The highest BCUT2D eigenvalue weighted by Crippen LogP contribution is 2.31. The molecule has 2 aromatic rings. The van der Waals surface area contributed by atoms with Crippen LogP contribution in [-0.2, 0) is 4.79 Å². The Kier molecular flexibility index (Phi) is 5.96. The van der Waals surface area contributed by atoms with Crippen LogP contribution in [0.5, 0.6) is 11.5 Å². The Hall–Kier alpha value is -3.62. The number of anilines is 1. The smallest absolute Gasteiger partial charge is 0.387 e. The van der Waals surface area contributed by atoms with Gasteiger partial charge < -0.3 is 25.4 Å². The van der Waals surface area contributed by atoms with Crippen LogP contribution in [0.25, 0.3) is 0 Å². The summed E-state index contributed by atoms with van der Waals surface area (Å²) in [5.74, 6) is 0.0131. The number of nitrogens with one attached hydrogen (secondary N) is 3. The third kappa shape index (κ3) is 4.63. The maximum atomic E-state index is 13.0. The molecular formula is C20H19F2N3O4. The lowest BCUT2D eigenvalue weighted by molar-refractivity contribution is -0.113. The van der Waals surface area contributed by atoms with Crippen molar-refractivity contribution in [3.8, 4) is 11.5 Å². The second kappa shape index (κ2) is 8.59. The summed E-state index contributed by atoms with van der Waals surface area (Å²) >= 11 is 0. The molecule has 1 heterocycles. The summed E-state index contributed by atoms with van der Waals surface area (Å²) in [7, 11) is 1.49. The number of halogens is 2. The van der Waals surface area contributed by atoms with Crippen molar-refractivity contribution in [2.45, 2.75) is 19.6 Å². The van der Waals surface area contributed by atoms with Gasteiger partial charge in [0.25, 0.3) is 5.91 Å². The molecule has 0 saturated heterocycles. The third-order valence-corrected chi connectivity index (χ3v) is 4.31. The molecule has 0 unspecified atom stereocenters. The monoisotopic (exact) mass is 403 g/mol. The molecule has 2 aromatic carbocycles. The minimum absolute atomic E-state index is 0.0234. The van der Waals surface area contributed by atoms with E-state index in [0.29, 0.717) is 22.7 Å². The number of ether oxygens (including phenoxy) is 2. The fourth-order valence-corrected chi connectivity index (χ4v) is 3.02. The molecular weight excluding hydrogens is 384 g/mol. The highest BCUT2D eigenvalue weighted by molar-refractivity contribution is 6.07. The van der Waals surface area contributed by atoms with E-state index in [9.17, 15) is 18.4 Å². The van der Waals surface area contributed by atoms with Gasteiger partial charge in [-0.2, -0.15) is 8.78 Å². The Morgan fingerprint density at radius 1 is 1.14 bits per heavy atom. The van der Waals surface area contributed by atoms with Crippen LogP contribution in [0, 0.1) is 0 Å². The van der Waals surface area contributed by atoms with Gasteiger partial charge in [-0.05, 0) is 36.8 Å². The molecule has 0 fully saturated rings. The molecule has 0 radical (unpaired) electrons. The molecule has 0 spiro atoms. The van der Waals surface area contributed by atoms with Gasteiger partial charge in [-0.15, -0.1) is 0 Å². The highest BCUT2D eigenvalue weighted by Gasteiger charge is 2.31. The second-order valence-electron chi connectivity index (χ2n) is 6.17. The Morgan fingerprint density at radius 3 is 2.48 bits per heavy atom. The largest absolute Gasteiger partial charge is 0.495 e. The average molecular weight is 403 g/mol. The lowest BCUT2D eigenvalue weighted by Gasteiger charge is -2.29. The lowest BCUT2D eigenvalue weighted by Crippen LogP contribution is -2.45. The molecule has 3 amide bonds. The van der Waals surface area contributed by atoms with Gasteiger partial charge in [-0.25, -0.2) is 4.79 Å². The first kappa shape index (κ1) is 20.1. The molecule has 3 N–H and O–H groups in total. The van der Waals surface area contributed by atoms with Crippen molar-refractivity contribution in [1.82, 2.24) is 10.6 Å². The predicted octanol–water partition coefficient (Wildman–Crippen LogP) is 3.56. The maximum absolute atomic E-state index is 13.0. The Morgan fingerprint density at radius 2 is 1.83 bits per heavy atom. The van der Waals surface area contributed by atoms with Crippen LogP contribution in [0.4, 0.5) is 19.3 Å². The number of benzene rings is 2. The van der Waals surface area contributed by atoms with Crippen molar-refractivity contribution in [2.24, 2.45) is 0 Å². The highest BCUT2D eigenvalue weighted by atomic mass is 19.3. The van der Waals surface area contributed by atoms with Gasteiger partial charge in [0.15, 0.2) is 0 Å². The van der Waals surface area contributed by atoms with E-state index in [0.717, 1.165) is 0 Å². The third-order valence-electron chi connectivity index (χ3n) is 4.31. The van der Waals surface area contributed by atoms with Crippen molar-refractivity contribution in [3.63, 3.8) is 0 Å². The van der Waals surface area contributed by atoms with Gasteiger partial charge in [0, 0.05) is 5.70 Å². The predicted molar refractivity (Wildman–Crippen MR) is 102 cm³/mol. The molecule has 1 atom stereocenters. The zero-order chi connectivity index (χ0) is 21.0. The van der Waals surface area contributed by atoms with E-state index in [2.05, 4.69) is 20.7 Å². The summed E-state index contributed by atoms with van der Waals surface area (Å²) in [6, 6.07) is 11.4. The summed E-state index contributed by atoms with van der Waals surface area (Å²) in [5.41, 5.74) is 1.65. The molecule has 0 bridgehead atoms. The second-order valence-corrected chi connectivity index (χ2v) is 6.17. The van der Waals surface area contributed by atoms with E-state index < -0.39 is 24.6 Å². The number of carbonyl (C=O) groups excluding carboxylic acids is 2. The Balaban J connectivity index is 1.90. The normalized spacial score (nSPS) is 16.2. The van der Waals surface area contributed by atoms with Gasteiger partial charge in [0.05, 0.1) is 24.4 Å². The zero-order valence-corrected chi connectivity index (χ0v) is 15.7. The quantitative estimate of drug-likeness (QED) is 0.688. The lowest BCUT2D eigenvalue weighted by atomic mass is 9.94. The van der Waals surface area contributed by atoms with Crippen molar-refractivity contribution in [3.05, 3.63) is 65.4 Å². The van der Waals surface area contributed by atoms with Crippen LogP contribution >= 0.6 is 0 Å². The van der Waals surface area contributed by atoms with E-state index >= 15 is 0 Å². The van der Waals surface area contributed by atoms with Crippen LogP contribution in [0.3, 0.4) is 0 Å². The van der Waals surface area contributed by atoms with Crippen LogP contribution in [0.15, 0.2) is 59.8 Å². The zero-order valence-electron chi connectivity index (χ0n) is 15.7. The number of methoxy groups -OCH3 is 1. The van der Waals surface area contributed by atoms with Gasteiger partial charge >= 0.3 is 12.6 Å². The van der Waals surface area contributed by atoms with Crippen LogP contribution in [0.2, 0.25) is 0 Å². The topological polar surface area (TPSA) is 88.7 Å². The van der Waals surface area contributed by atoms with Crippen molar-refractivity contribution in [2.75, 3.05) is 12.4 Å². The summed E-state index contributed by atoms with van der Waals surface area (Å²) in [5, 5.41) is 8.03. The SMILES string of the molecule is COc1ccccc1NC(=O)C1=C(C)NC(=O)N[C@H]1c1ccc(OC(F)F)cc1. The number of hydrogen-bond donors (Lipinski definition) is 3. The molecule has 0 aliphatic carbocycles. The minimum Gasteiger partial charge on any atom is -0.495 e. The molecule has 0 saturated carbocycles. The average Bonchev–Trinajstić information content (AvgIpc) is 2.67. The minimum atomic E-state index is -2.94. The maximum Gasteiger partial charge on any atom is 0.387 e. The standard InChI is InChI=1S/C20H19F2N3O4/c1-11-16(18(26)24-14-5-3-4-6-15(14)28-2)17(25-20(27)23-11)12-7-9-13(10-8-12)29-19(21)22/h3-10,17,19H,1-2H3,(H,24,26)(H2,23,25,27)/t17-/m0/s1. The van der Waals surface area contributed by atoms with Crippen molar-refractivity contribution >= 4 is 17.6 Å². The first-order chi connectivity index (χ1) is 13.9. The van der Waals surface area contributed by atoms with Crippen molar-refractivity contribution < 1.29 is 27.8 Å². The molecule has 7 nitrogen and oxygen atoms in total. The Labute approximate surface area is 165 Å². The molecule has 152 valence electrons. The van der Waals surface area contributed by atoms with Gasteiger partial charge in [0.2, 0.25) is 0 Å². The van der Waals surface area contributed by atoms with E-state index in [1.807, 2.05) is 0 Å². The van der Waals surface area contributed by atoms with Gasteiger partial charge in [0.1, 0.15) is 11.5 Å². The summed E-state index contributed by atoms with van der Waals surface area (Å²) in [4.78, 5) is 25.0. The van der Waals surface area contributed by atoms with Crippen LogP contribution < -0.4 is 25.4 Å². The first-order valence-electron chi connectivity index (χ1n) is 8.66. The molecule has 29 heavy (non-hydrogen) atoms. The van der Waals surface area contributed by atoms with Gasteiger partial charge in [-0.1, -0.05) is 24.3 Å². The number of allylic oxidation sites excluding steroid dienone is 1. The molecule has 3 rings (SSSR count). The number of carbonyl (C=O) groups is 2. The number of para-hydroxylation sites is 2. The number of urea groups is 1. The number of hydrogen-bond acceptors (Lipinski definition) is 4. The fraction of sp³-hybridized carbons (Fsp3) is 0.200. The first-order valence-corrected chi connectivity index (χ1v) is 8.66. The van der Waals surface area contributed by atoms with E-state index in [-0.39, 0.29) is 11.3 Å². The fourth-order valence-electron chi connectivity index (χ4n) is 3.02. The van der Waals surface area contributed by atoms with E-state index in [4.69, 9.17) is 4.74 Å². The van der Waals surface area contributed by atoms with Crippen LogP contribution in [0.1, 0.15) is 18.5 Å². The summed E-state index contributed by atoms with van der Waals surface area (Å²) < 4.78 is 34.3. The number of rotatable bonds is 6. The number of alkyl halides is 2.